The Hall–Kier alpha value is -2.74. The fourth-order valence-electron chi connectivity index (χ4n) is 3.50. The quantitative estimate of drug-likeness (QED) is 0.534. The highest BCUT2D eigenvalue weighted by atomic mass is 16.3. The van der Waals surface area contributed by atoms with E-state index in [0.717, 1.165) is 28.3 Å². The lowest BCUT2D eigenvalue weighted by Gasteiger charge is -2.10. The molecule has 5 rings (SSSR count). The normalized spacial score (nSPS) is 14.8. The van der Waals surface area contributed by atoms with E-state index in [9.17, 15) is 5.11 Å². The van der Waals surface area contributed by atoms with Crippen LogP contribution in [0.1, 0.15) is 11.3 Å². The summed E-state index contributed by atoms with van der Waals surface area (Å²) in [7, 11) is 0. The molecule has 3 aromatic rings. The Morgan fingerprint density at radius 2 is 1.86 bits per heavy atom. The minimum Gasteiger partial charge on any atom is -0.507 e. The molecule has 0 unspecified atom stereocenters. The number of aliphatic hydroxyl groups excluding tert-OH is 1. The van der Waals surface area contributed by atoms with Gasteiger partial charge in [0.1, 0.15) is 11.5 Å². The van der Waals surface area contributed by atoms with E-state index in [1.165, 1.54) is 21.7 Å². The first-order valence-corrected chi connectivity index (χ1v) is 7.07. The number of benzene rings is 2. The minimum absolute atomic E-state index is 0.358. The van der Waals surface area contributed by atoms with Gasteiger partial charge < -0.3 is 9.52 Å². The van der Waals surface area contributed by atoms with Crippen molar-refractivity contribution in [1.82, 2.24) is 0 Å². The highest BCUT2D eigenvalue weighted by molar-refractivity contribution is 5.95. The zero-order valence-corrected chi connectivity index (χ0v) is 11.3. The molecule has 0 saturated carbocycles. The van der Waals surface area contributed by atoms with Crippen LogP contribution in [0.3, 0.4) is 0 Å². The van der Waals surface area contributed by atoms with Crippen LogP contribution in [0.25, 0.3) is 33.7 Å². The van der Waals surface area contributed by atoms with Gasteiger partial charge in [-0.3, -0.25) is 0 Å². The second-order valence-electron chi connectivity index (χ2n) is 5.56. The number of fused-ring (bicyclic) bond motifs is 7. The molecule has 2 aliphatic carbocycles. The lowest BCUT2D eigenvalue weighted by molar-refractivity contribution is 0.510. The van der Waals surface area contributed by atoms with E-state index in [0.29, 0.717) is 5.76 Å². The van der Waals surface area contributed by atoms with E-state index in [1.807, 2.05) is 12.1 Å². The van der Waals surface area contributed by atoms with E-state index in [2.05, 4.69) is 30.3 Å². The standard InChI is InChI=1S/C19H12O2/c20-17-3-1-2-11-4-5-13-15(19(11)17)7-6-12-14-8-9-21-18(14)10-16(12)13/h1,3-10,20H,2H2. The van der Waals surface area contributed by atoms with Crippen LogP contribution in [0.15, 0.2) is 53.2 Å². The average molecular weight is 272 g/mol. The van der Waals surface area contributed by atoms with Crippen molar-refractivity contribution in [1.29, 1.82) is 0 Å². The van der Waals surface area contributed by atoms with Gasteiger partial charge in [-0.15, -0.1) is 0 Å². The first-order valence-electron chi connectivity index (χ1n) is 7.07. The third-order valence-corrected chi connectivity index (χ3v) is 4.46. The number of hydrogen-bond acceptors (Lipinski definition) is 2. The summed E-state index contributed by atoms with van der Waals surface area (Å²) in [5, 5.41) is 14.7. The van der Waals surface area contributed by atoms with Gasteiger partial charge in [0, 0.05) is 10.8 Å². The molecule has 2 heteroatoms. The first kappa shape index (κ1) is 11.0. The first-order chi connectivity index (χ1) is 10.3. The van der Waals surface area contributed by atoms with Gasteiger partial charge in [-0.1, -0.05) is 30.3 Å². The molecule has 0 radical (unpaired) electrons. The van der Waals surface area contributed by atoms with Gasteiger partial charge in [-0.05, 0) is 51.8 Å². The Morgan fingerprint density at radius 1 is 0.952 bits per heavy atom. The number of furan rings is 1. The van der Waals surface area contributed by atoms with Crippen LogP contribution in [0.4, 0.5) is 0 Å². The van der Waals surface area contributed by atoms with Gasteiger partial charge in [0.25, 0.3) is 0 Å². The zero-order chi connectivity index (χ0) is 14.0. The van der Waals surface area contributed by atoms with E-state index in [4.69, 9.17) is 4.42 Å². The Kier molecular flexibility index (Phi) is 1.92. The van der Waals surface area contributed by atoms with Crippen LogP contribution in [0.2, 0.25) is 0 Å². The molecule has 1 N–H and O–H groups in total. The third kappa shape index (κ3) is 1.32. The van der Waals surface area contributed by atoms with E-state index < -0.39 is 0 Å². The van der Waals surface area contributed by atoms with Crippen LogP contribution < -0.4 is 10.4 Å². The molecular formula is C19H12O2. The van der Waals surface area contributed by atoms with Gasteiger partial charge in [-0.25, -0.2) is 0 Å². The minimum atomic E-state index is 0.358. The number of rotatable bonds is 0. The Morgan fingerprint density at radius 3 is 2.81 bits per heavy atom. The van der Waals surface area contributed by atoms with Crippen molar-refractivity contribution < 1.29 is 9.52 Å². The van der Waals surface area contributed by atoms with Crippen molar-refractivity contribution in [3.63, 3.8) is 0 Å². The second kappa shape index (κ2) is 3.67. The number of hydrogen-bond donors (Lipinski definition) is 1. The lowest BCUT2D eigenvalue weighted by atomic mass is 9.95. The molecule has 21 heavy (non-hydrogen) atoms. The maximum absolute atomic E-state index is 10.2. The average Bonchev–Trinajstić information content (AvgIpc) is 3.07. The summed E-state index contributed by atoms with van der Waals surface area (Å²) in [4.78, 5) is 0. The largest absolute Gasteiger partial charge is 0.507 e. The SMILES string of the molecule is OC1=c2c(ccc3c4c(ccc23)-c2ccoc2C=4)CC=C1. The molecule has 0 amide bonds. The molecule has 1 heterocycles. The maximum Gasteiger partial charge on any atom is 0.135 e. The summed E-state index contributed by atoms with van der Waals surface area (Å²) >= 11 is 0. The predicted octanol–water partition coefficient (Wildman–Crippen LogP) is 3.02. The van der Waals surface area contributed by atoms with Crippen molar-refractivity contribution in [2.75, 3.05) is 0 Å². The summed E-state index contributed by atoms with van der Waals surface area (Å²) in [5.41, 5.74) is 3.53. The smallest absolute Gasteiger partial charge is 0.135 e. The molecule has 0 spiro atoms. The van der Waals surface area contributed by atoms with E-state index in [-0.39, 0.29) is 0 Å². The van der Waals surface area contributed by atoms with Gasteiger partial charge in [0.15, 0.2) is 0 Å². The molecule has 2 nitrogen and oxygen atoms in total. The molecule has 0 aliphatic heterocycles. The zero-order valence-electron chi connectivity index (χ0n) is 11.3. The van der Waals surface area contributed by atoms with Gasteiger partial charge in [0.2, 0.25) is 0 Å². The van der Waals surface area contributed by atoms with Crippen LogP contribution in [0.5, 0.6) is 0 Å². The topological polar surface area (TPSA) is 33.4 Å². The molecule has 2 aromatic carbocycles. The van der Waals surface area contributed by atoms with Gasteiger partial charge >= 0.3 is 0 Å². The Balaban J connectivity index is 2.01. The fourth-order valence-corrected chi connectivity index (χ4v) is 3.50. The molecule has 0 fully saturated rings. The summed E-state index contributed by atoms with van der Waals surface area (Å²) < 4.78 is 5.52. The fraction of sp³-hybridized carbons (Fsp3) is 0.0526. The maximum atomic E-state index is 10.2. The van der Waals surface area contributed by atoms with E-state index in [1.54, 1.807) is 12.3 Å². The Bertz CT molecular complexity index is 1060. The molecule has 1 aromatic heterocycles. The summed E-state index contributed by atoms with van der Waals surface area (Å²) in [6.45, 7) is 0. The van der Waals surface area contributed by atoms with Crippen LogP contribution >= 0.6 is 0 Å². The lowest BCUT2D eigenvalue weighted by Crippen LogP contribution is -2.18. The highest BCUT2D eigenvalue weighted by Crippen LogP contribution is 2.29. The summed E-state index contributed by atoms with van der Waals surface area (Å²) in [5.74, 6) is 1.28. The molecule has 0 bridgehead atoms. The summed E-state index contributed by atoms with van der Waals surface area (Å²) in [6.07, 6.45) is 8.48. The number of allylic oxidation sites excluding steroid dienone is 1. The highest BCUT2D eigenvalue weighted by Gasteiger charge is 2.17. The second-order valence-corrected chi connectivity index (χ2v) is 5.56. The van der Waals surface area contributed by atoms with Crippen LogP contribution in [-0.2, 0) is 6.42 Å². The van der Waals surface area contributed by atoms with Crippen molar-refractivity contribution in [2.45, 2.75) is 6.42 Å². The van der Waals surface area contributed by atoms with Gasteiger partial charge in [-0.2, -0.15) is 0 Å². The van der Waals surface area contributed by atoms with E-state index >= 15 is 0 Å². The van der Waals surface area contributed by atoms with Crippen molar-refractivity contribution in [3.05, 3.63) is 70.5 Å². The number of aliphatic hydroxyl groups is 1. The molecular weight excluding hydrogens is 260 g/mol. The van der Waals surface area contributed by atoms with Crippen LogP contribution in [-0.4, -0.2) is 5.11 Å². The predicted molar refractivity (Wildman–Crippen MR) is 83.3 cm³/mol. The molecule has 2 aliphatic rings. The third-order valence-electron chi connectivity index (χ3n) is 4.46. The molecule has 100 valence electrons. The van der Waals surface area contributed by atoms with Crippen molar-refractivity contribution in [3.8, 4) is 11.1 Å². The van der Waals surface area contributed by atoms with Crippen molar-refractivity contribution in [2.24, 2.45) is 0 Å². The monoisotopic (exact) mass is 272 g/mol. The molecule has 0 saturated heterocycles. The van der Waals surface area contributed by atoms with Crippen LogP contribution in [0, 0.1) is 0 Å². The van der Waals surface area contributed by atoms with Gasteiger partial charge in [0.05, 0.1) is 6.26 Å². The Labute approximate surface area is 121 Å². The molecule has 0 atom stereocenters. The van der Waals surface area contributed by atoms with Crippen molar-refractivity contribution >= 4 is 22.6 Å². The summed E-state index contributed by atoms with van der Waals surface area (Å²) in [6, 6.07) is 10.5.